The van der Waals surface area contributed by atoms with E-state index in [2.05, 4.69) is 4.90 Å². The fraction of sp³-hybridized carbons (Fsp3) is 0.500. The molecule has 0 aromatic heterocycles. The normalized spacial score (nSPS) is 10.9. The molecule has 0 heterocycles. The number of hydrogen-bond acceptors (Lipinski definition) is 3. The minimum Gasteiger partial charge on any atom is -0.481 e. The van der Waals surface area contributed by atoms with Crippen molar-refractivity contribution in [2.24, 2.45) is 0 Å². The van der Waals surface area contributed by atoms with Gasteiger partial charge in [-0.1, -0.05) is 23.7 Å². The van der Waals surface area contributed by atoms with Crippen LogP contribution in [-0.4, -0.2) is 42.8 Å². The van der Waals surface area contributed by atoms with Gasteiger partial charge in [-0.05, 0) is 24.1 Å². The Bertz CT molecular complexity index is 381. The van der Waals surface area contributed by atoms with Gasteiger partial charge in [0, 0.05) is 38.4 Å². The Kier molecular flexibility index (Phi) is 7.48. The van der Waals surface area contributed by atoms with Crippen molar-refractivity contribution in [1.82, 2.24) is 4.90 Å². The lowest BCUT2D eigenvalue weighted by molar-refractivity contribution is -0.137. The van der Waals surface area contributed by atoms with Crippen molar-refractivity contribution in [3.8, 4) is 0 Å². The van der Waals surface area contributed by atoms with Gasteiger partial charge in [-0.3, -0.25) is 9.69 Å². The van der Waals surface area contributed by atoms with Gasteiger partial charge in [0.05, 0.1) is 6.42 Å². The zero-order valence-corrected chi connectivity index (χ0v) is 11.9. The van der Waals surface area contributed by atoms with Gasteiger partial charge in [-0.25, -0.2) is 0 Å². The molecule has 1 N–H and O–H groups in total. The van der Waals surface area contributed by atoms with E-state index in [-0.39, 0.29) is 6.42 Å². The fourth-order valence-corrected chi connectivity index (χ4v) is 1.93. The molecule has 0 amide bonds. The lowest BCUT2D eigenvalue weighted by Crippen LogP contribution is -2.27. The SMILES string of the molecule is COCCCN(CCC(=O)O)Cc1ccc(Cl)cc1. The Morgan fingerprint density at radius 3 is 2.58 bits per heavy atom. The molecular formula is C14H20ClNO3. The van der Waals surface area contributed by atoms with Crippen molar-refractivity contribution in [3.63, 3.8) is 0 Å². The molecule has 0 bridgehead atoms. The van der Waals surface area contributed by atoms with Crippen molar-refractivity contribution >= 4 is 17.6 Å². The number of aliphatic carboxylic acids is 1. The summed E-state index contributed by atoms with van der Waals surface area (Å²) >= 11 is 5.85. The molecule has 0 radical (unpaired) electrons. The van der Waals surface area contributed by atoms with Crippen molar-refractivity contribution < 1.29 is 14.6 Å². The summed E-state index contributed by atoms with van der Waals surface area (Å²) in [5, 5.41) is 9.48. The number of carboxylic acids is 1. The highest BCUT2D eigenvalue weighted by Crippen LogP contribution is 2.12. The summed E-state index contributed by atoms with van der Waals surface area (Å²) in [6.45, 7) is 2.78. The molecule has 1 rings (SSSR count). The van der Waals surface area contributed by atoms with Gasteiger partial charge in [0.25, 0.3) is 0 Å². The molecule has 19 heavy (non-hydrogen) atoms. The molecule has 0 spiro atoms. The molecule has 0 unspecified atom stereocenters. The van der Waals surface area contributed by atoms with Crippen LogP contribution in [-0.2, 0) is 16.1 Å². The maximum atomic E-state index is 10.7. The maximum Gasteiger partial charge on any atom is 0.304 e. The van der Waals surface area contributed by atoms with Gasteiger partial charge in [-0.2, -0.15) is 0 Å². The first-order valence-corrected chi connectivity index (χ1v) is 6.67. The van der Waals surface area contributed by atoms with Crippen LogP contribution in [0.4, 0.5) is 0 Å². The number of methoxy groups -OCH3 is 1. The minimum absolute atomic E-state index is 0.153. The number of nitrogens with zero attached hydrogens (tertiary/aromatic N) is 1. The van der Waals surface area contributed by atoms with Crippen LogP contribution in [0.5, 0.6) is 0 Å². The van der Waals surface area contributed by atoms with Gasteiger partial charge in [0.1, 0.15) is 0 Å². The number of benzene rings is 1. The summed E-state index contributed by atoms with van der Waals surface area (Å²) in [4.78, 5) is 12.8. The van der Waals surface area contributed by atoms with Gasteiger partial charge in [0.15, 0.2) is 0 Å². The van der Waals surface area contributed by atoms with Crippen LogP contribution in [0, 0.1) is 0 Å². The van der Waals surface area contributed by atoms with E-state index in [1.165, 1.54) is 0 Å². The molecular weight excluding hydrogens is 266 g/mol. The molecule has 106 valence electrons. The molecule has 1 aromatic rings. The fourth-order valence-electron chi connectivity index (χ4n) is 1.80. The first-order chi connectivity index (χ1) is 9.11. The predicted octanol–water partition coefficient (Wildman–Crippen LogP) is 2.65. The monoisotopic (exact) mass is 285 g/mol. The van der Waals surface area contributed by atoms with Crippen LogP contribution in [0.1, 0.15) is 18.4 Å². The largest absolute Gasteiger partial charge is 0.481 e. The first-order valence-electron chi connectivity index (χ1n) is 6.29. The standard InChI is InChI=1S/C14H20ClNO3/c1-19-10-2-8-16(9-7-14(17)18)11-12-3-5-13(15)6-4-12/h3-6H,2,7-11H2,1H3,(H,17,18). The second kappa shape index (κ2) is 8.91. The Morgan fingerprint density at radius 2 is 2.00 bits per heavy atom. The van der Waals surface area contributed by atoms with E-state index in [4.69, 9.17) is 21.4 Å². The highest BCUT2D eigenvalue weighted by Gasteiger charge is 2.08. The van der Waals surface area contributed by atoms with Crippen LogP contribution in [0.25, 0.3) is 0 Å². The summed E-state index contributed by atoms with van der Waals surface area (Å²) in [7, 11) is 1.67. The summed E-state index contributed by atoms with van der Waals surface area (Å²) in [5.41, 5.74) is 1.13. The smallest absolute Gasteiger partial charge is 0.304 e. The van der Waals surface area contributed by atoms with E-state index in [0.29, 0.717) is 18.2 Å². The van der Waals surface area contributed by atoms with E-state index >= 15 is 0 Å². The zero-order chi connectivity index (χ0) is 14.1. The van der Waals surface area contributed by atoms with Crippen LogP contribution in [0.15, 0.2) is 24.3 Å². The molecule has 4 nitrogen and oxygen atoms in total. The third-order valence-electron chi connectivity index (χ3n) is 2.78. The van der Waals surface area contributed by atoms with Gasteiger partial charge >= 0.3 is 5.97 Å². The molecule has 0 aliphatic heterocycles. The van der Waals surface area contributed by atoms with Gasteiger partial charge in [-0.15, -0.1) is 0 Å². The Hall–Kier alpha value is -1.10. The minimum atomic E-state index is -0.771. The van der Waals surface area contributed by atoms with Crippen LogP contribution < -0.4 is 0 Å². The van der Waals surface area contributed by atoms with E-state index in [1.54, 1.807) is 7.11 Å². The highest BCUT2D eigenvalue weighted by molar-refractivity contribution is 6.30. The van der Waals surface area contributed by atoms with Crippen LogP contribution >= 0.6 is 11.6 Å². The second-order valence-electron chi connectivity index (χ2n) is 4.39. The van der Waals surface area contributed by atoms with Crippen LogP contribution in [0.2, 0.25) is 5.02 Å². The third kappa shape index (κ3) is 7.15. The molecule has 0 aliphatic rings. The number of halogens is 1. The van der Waals surface area contributed by atoms with Gasteiger partial charge in [0.2, 0.25) is 0 Å². The number of carboxylic acid groups (broad SMARTS) is 1. The van der Waals surface area contributed by atoms with Crippen molar-refractivity contribution in [2.45, 2.75) is 19.4 Å². The molecule has 1 aromatic carbocycles. The lowest BCUT2D eigenvalue weighted by Gasteiger charge is -2.21. The van der Waals surface area contributed by atoms with Crippen molar-refractivity contribution in [3.05, 3.63) is 34.9 Å². The first kappa shape index (κ1) is 16.0. The van der Waals surface area contributed by atoms with Gasteiger partial charge < -0.3 is 9.84 Å². The number of ether oxygens (including phenoxy) is 1. The van der Waals surface area contributed by atoms with Crippen LogP contribution in [0.3, 0.4) is 0 Å². The summed E-state index contributed by atoms with van der Waals surface area (Å²) < 4.78 is 5.02. The lowest BCUT2D eigenvalue weighted by atomic mass is 10.2. The Labute approximate surface area is 118 Å². The molecule has 0 aliphatic carbocycles. The van der Waals surface area contributed by atoms with E-state index in [0.717, 1.165) is 25.1 Å². The summed E-state index contributed by atoms with van der Waals surface area (Å²) in [5.74, 6) is -0.771. The topological polar surface area (TPSA) is 49.8 Å². The molecule has 0 saturated carbocycles. The quantitative estimate of drug-likeness (QED) is 0.709. The predicted molar refractivity (Wildman–Crippen MR) is 75.5 cm³/mol. The van der Waals surface area contributed by atoms with E-state index in [9.17, 15) is 4.79 Å². The highest BCUT2D eigenvalue weighted by atomic mass is 35.5. The Morgan fingerprint density at radius 1 is 1.32 bits per heavy atom. The number of carbonyl (C=O) groups is 1. The summed E-state index contributed by atoms with van der Waals surface area (Å²) in [6, 6.07) is 7.63. The van der Waals surface area contributed by atoms with Crippen molar-refractivity contribution in [2.75, 3.05) is 26.8 Å². The second-order valence-corrected chi connectivity index (χ2v) is 4.83. The van der Waals surface area contributed by atoms with E-state index < -0.39 is 5.97 Å². The average Bonchev–Trinajstić information content (AvgIpc) is 2.38. The molecule has 0 atom stereocenters. The molecule has 0 fully saturated rings. The molecule has 0 saturated heterocycles. The van der Waals surface area contributed by atoms with E-state index in [1.807, 2.05) is 24.3 Å². The third-order valence-corrected chi connectivity index (χ3v) is 3.04. The molecule has 5 heteroatoms. The number of rotatable bonds is 9. The average molecular weight is 286 g/mol. The van der Waals surface area contributed by atoms with Crippen molar-refractivity contribution in [1.29, 1.82) is 0 Å². The zero-order valence-electron chi connectivity index (χ0n) is 11.1. The maximum absolute atomic E-state index is 10.7. The number of hydrogen-bond donors (Lipinski definition) is 1. The summed E-state index contributed by atoms with van der Waals surface area (Å²) in [6.07, 6.45) is 1.05. The Balaban J connectivity index is 2.51.